The summed E-state index contributed by atoms with van der Waals surface area (Å²) in [7, 11) is 0. The molecule has 1 aliphatic heterocycles. The van der Waals surface area contributed by atoms with Gasteiger partial charge < -0.3 is 10.6 Å². The average Bonchev–Trinajstić information content (AvgIpc) is 2.91. The van der Waals surface area contributed by atoms with Gasteiger partial charge in [-0.2, -0.15) is 0 Å². The SMILES string of the molecule is CC[C@@H](NC(=O)CN1C(=O)N[C@@](C)(c2cccc(Br)c2)C1=O)c1ccc(C)cc1. The van der Waals surface area contributed by atoms with Crippen molar-refractivity contribution in [3.8, 4) is 0 Å². The van der Waals surface area contributed by atoms with Crippen molar-refractivity contribution in [2.45, 2.75) is 38.8 Å². The normalized spacial score (nSPS) is 19.8. The van der Waals surface area contributed by atoms with Gasteiger partial charge in [0.25, 0.3) is 5.91 Å². The summed E-state index contributed by atoms with van der Waals surface area (Å²) in [6.45, 7) is 5.30. The third-order valence-corrected chi connectivity index (χ3v) is 5.70. The number of amides is 4. The molecule has 29 heavy (non-hydrogen) atoms. The molecule has 0 saturated carbocycles. The highest BCUT2D eigenvalue weighted by Gasteiger charge is 2.49. The first-order chi connectivity index (χ1) is 13.7. The summed E-state index contributed by atoms with van der Waals surface area (Å²) < 4.78 is 0.804. The molecular weight excluding hydrogens is 434 g/mol. The number of carbonyl (C=O) groups excluding carboxylic acids is 3. The molecule has 152 valence electrons. The number of rotatable bonds is 6. The molecule has 2 N–H and O–H groups in total. The van der Waals surface area contributed by atoms with Crippen molar-refractivity contribution in [3.05, 3.63) is 69.7 Å². The Morgan fingerprint density at radius 3 is 2.52 bits per heavy atom. The minimum absolute atomic E-state index is 0.180. The van der Waals surface area contributed by atoms with Crippen molar-refractivity contribution in [2.24, 2.45) is 0 Å². The number of hydrogen-bond donors (Lipinski definition) is 2. The fraction of sp³-hybridized carbons (Fsp3) is 0.318. The van der Waals surface area contributed by atoms with E-state index in [2.05, 4.69) is 26.6 Å². The standard InChI is InChI=1S/C22H24BrN3O3/c1-4-18(15-10-8-14(2)9-11-15)24-19(27)13-26-20(28)22(3,25-21(26)29)16-6-5-7-17(23)12-16/h5-12,18H,4,13H2,1-3H3,(H,24,27)(H,25,29)/t18-,22+/m1/s1. The van der Waals surface area contributed by atoms with Gasteiger partial charge in [-0.15, -0.1) is 0 Å². The third kappa shape index (κ3) is 4.34. The molecule has 7 heteroatoms. The van der Waals surface area contributed by atoms with Crippen LogP contribution in [0.2, 0.25) is 0 Å². The second-order valence-electron chi connectivity index (χ2n) is 7.40. The zero-order chi connectivity index (χ0) is 21.2. The molecule has 0 spiro atoms. The molecule has 2 aromatic rings. The summed E-state index contributed by atoms with van der Waals surface area (Å²) in [5.41, 5.74) is 1.57. The highest BCUT2D eigenvalue weighted by molar-refractivity contribution is 9.10. The maximum atomic E-state index is 13.0. The van der Waals surface area contributed by atoms with Crippen molar-refractivity contribution in [3.63, 3.8) is 0 Å². The van der Waals surface area contributed by atoms with Gasteiger partial charge in [0.15, 0.2) is 0 Å². The van der Waals surface area contributed by atoms with Crippen molar-refractivity contribution in [1.29, 1.82) is 0 Å². The molecule has 1 saturated heterocycles. The number of benzene rings is 2. The van der Waals surface area contributed by atoms with Crippen LogP contribution in [-0.4, -0.2) is 29.3 Å². The lowest BCUT2D eigenvalue weighted by molar-refractivity contribution is -0.135. The minimum Gasteiger partial charge on any atom is -0.348 e. The quantitative estimate of drug-likeness (QED) is 0.647. The second-order valence-corrected chi connectivity index (χ2v) is 8.31. The van der Waals surface area contributed by atoms with E-state index in [0.717, 1.165) is 20.5 Å². The number of aryl methyl sites for hydroxylation is 1. The number of imide groups is 1. The highest BCUT2D eigenvalue weighted by Crippen LogP contribution is 2.30. The van der Waals surface area contributed by atoms with Crippen LogP contribution in [0.3, 0.4) is 0 Å². The van der Waals surface area contributed by atoms with Gasteiger partial charge in [0, 0.05) is 4.47 Å². The number of urea groups is 1. The van der Waals surface area contributed by atoms with Crippen LogP contribution in [-0.2, 0) is 15.1 Å². The van der Waals surface area contributed by atoms with E-state index in [1.165, 1.54) is 0 Å². The van der Waals surface area contributed by atoms with E-state index >= 15 is 0 Å². The Morgan fingerprint density at radius 1 is 1.21 bits per heavy atom. The molecule has 4 amide bonds. The van der Waals surface area contributed by atoms with Crippen LogP contribution in [0.5, 0.6) is 0 Å². The van der Waals surface area contributed by atoms with E-state index in [0.29, 0.717) is 12.0 Å². The van der Waals surface area contributed by atoms with Gasteiger partial charge in [-0.25, -0.2) is 4.79 Å². The first-order valence-electron chi connectivity index (χ1n) is 9.50. The van der Waals surface area contributed by atoms with Gasteiger partial charge in [-0.05, 0) is 43.5 Å². The number of halogens is 1. The molecule has 0 bridgehead atoms. The maximum Gasteiger partial charge on any atom is 0.325 e. The summed E-state index contributed by atoms with van der Waals surface area (Å²) in [5, 5.41) is 5.65. The monoisotopic (exact) mass is 457 g/mol. The summed E-state index contributed by atoms with van der Waals surface area (Å²) >= 11 is 3.38. The fourth-order valence-corrected chi connectivity index (χ4v) is 3.84. The lowest BCUT2D eigenvalue weighted by Gasteiger charge is -2.23. The third-order valence-electron chi connectivity index (χ3n) is 5.20. The molecule has 6 nitrogen and oxygen atoms in total. The Balaban J connectivity index is 1.72. The van der Waals surface area contributed by atoms with Gasteiger partial charge in [0.05, 0.1) is 6.04 Å². The highest BCUT2D eigenvalue weighted by atomic mass is 79.9. The van der Waals surface area contributed by atoms with E-state index in [1.807, 2.05) is 44.2 Å². The van der Waals surface area contributed by atoms with Crippen LogP contribution in [0.4, 0.5) is 4.79 Å². The van der Waals surface area contributed by atoms with E-state index in [-0.39, 0.29) is 18.5 Å². The van der Waals surface area contributed by atoms with Gasteiger partial charge >= 0.3 is 6.03 Å². The number of hydrogen-bond acceptors (Lipinski definition) is 3. The Kier molecular flexibility index (Phi) is 6.07. The first-order valence-corrected chi connectivity index (χ1v) is 10.3. The van der Waals surface area contributed by atoms with Crippen molar-refractivity contribution >= 4 is 33.8 Å². The molecular formula is C22H24BrN3O3. The first kappa shape index (κ1) is 21.0. The maximum absolute atomic E-state index is 13.0. The van der Waals surface area contributed by atoms with E-state index < -0.39 is 17.5 Å². The molecule has 0 unspecified atom stereocenters. The van der Waals surface area contributed by atoms with Crippen LogP contribution in [0.1, 0.15) is 43.0 Å². The van der Waals surface area contributed by atoms with Crippen LogP contribution in [0.15, 0.2) is 53.0 Å². The van der Waals surface area contributed by atoms with Gasteiger partial charge in [-0.1, -0.05) is 64.8 Å². The molecule has 1 aliphatic rings. The van der Waals surface area contributed by atoms with E-state index in [4.69, 9.17) is 0 Å². The summed E-state index contributed by atoms with van der Waals surface area (Å²) in [4.78, 5) is 39.0. The Morgan fingerprint density at radius 2 is 1.90 bits per heavy atom. The predicted octanol–water partition coefficient (Wildman–Crippen LogP) is 3.79. The smallest absolute Gasteiger partial charge is 0.325 e. The molecule has 1 fully saturated rings. The molecule has 0 aromatic heterocycles. The predicted molar refractivity (Wildman–Crippen MR) is 114 cm³/mol. The average molecular weight is 458 g/mol. The summed E-state index contributed by atoms with van der Waals surface area (Å²) in [5.74, 6) is -0.821. The zero-order valence-corrected chi connectivity index (χ0v) is 18.2. The van der Waals surface area contributed by atoms with Crippen molar-refractivity contribution in [1.82, 2.24) is 15.5 Å². The molecule has 2 atom stereocenters. The van der Waals surface area contributed by atoms with E-state index in [1.54, 1.807) is 25.1 Å². The van der Waals surface area contributed by atoms with Crippen molar-refractivity contribution in [2.75, 3.05) is 6.54 Å². The van der Waals surface area contributed by atoms with Crippen LogP contribution in [0, 0.1) is 6.92 Å². The largest absolute Gasteiger partial charge is 0.348 e. The number of nitrogens with zero attached hydrogens (tertiary/aromatic N) is 1. The zero-order valence-electron chi connectivity index (χ0n) is 16.7. The number of carbonyl (C=O) groups is 3. The molecule has 3 rings (SSSR count). The second kappa shape index (κ2) is 8.37. The van der Waals surface area contributed by atoms with Crippen LogP contribution in [0.25, 0.3) is 0 Å². The Labute approximate surface area is 178 Å². The molecule has 0 aliphatic carbocycles. The lowest BCUT2D eigenvalue weighted by Crippen LogP contribution is -2.43. The Bertz CT molecular complexity index is 945. The Hall–Kier alpha value is -2.67. The fourth-order valence-electron chi connectivity index (χ4n) is 3.44. The molecule has 0 radical (unpaired) electrons. The summed E-state index contributed by atoms with van der Waals surface area (Å²) in [6, 6.07) is 14.4. The number of nitrogens with one attached hydrogen (secondary N) is 2. The molecule has 2 aromatic carbocycles. The van der Waals surface area contributed by atoms with Crippen LogP contribution < -0.4 is 10.6 Å². The lowest BCUT2D eigenvalue weighted by atomic mass is 9.92. The van der Waals surface area contributed by atoms with Gasteiger partial charge in [-0.3, -0.25) is 14.5 Å². The minimum atomic E-state index is -1.21. The summed E-state index contributed by atoms with van der Waals surface area (Å²) in [6.07, 6.45) is 0.699. The van der Waals surface area contributed by atoms with E-state index in [9.17, 15) is 14.4 Å². The van der Waals surface area contributed by atoms with Gasteiger partial charge in [0.1, 0.15) is 12.1 Å². The molecule has 1 heterocycles. The van der Waals surface area contributed by atoms with Crippen LogP contribution >= 0.6 is 15.9 Å². The van der Waals surface area contributed by atoms with Gasteiger partial charge in [0.2, 0.25) is 5.91 Å². The topological polar surface area (TPSA) is 78.5 Å². The van der Waals surface area contributed by atoms with Crippen molar-refractivity contribution < 1.29 is 14.4 Å².